The summed E-state index contributed by atoms with van der Waals surface area (Å²) in [6, 6.07) is 6.73. The lowest BCUT2D eigenvalue weighted by Gasteiger charge is -2.05. The van der Waals surface area contributed by atoms with Gasteiger partial charge in [-0.25, -0.2) is 4.98 Å². The number of aryl methyl sites for hydroxylation is 2. The topological polar surface area (TPSA) is 37.8 Å². The van der Waals surface area contributed by atoms with E-state index in [4.69, 9.17) is 0 Å². The molecule has 3 rings (SSSR count). The van der Waals surface area contributed by atoms with E-state index in [1.165, 1.54) is 35.3 Å². The Hall–Kier alpha value is -1.55. The monoisotopic (exact) mass is 257 g/mol. The van der Waals surface area contributed by atoms with Crippen molar-refractivity contribution in [1.82, 2.24) is 9.97 Å². The zero-order valence-electron chi connectivity index (χ0n) is 10.3. The molecule has 1 N–H and O–H groups in total. The van der Waals surface area contributed by atoms with Crippen molar-refractivity contribution >= 4 is 17.6 Å². The summed E-state index contributed by atoms with van der Waals surface area (Å²) < 4.78 is 0. The van der Waals surface area contributed by atoms with Gasteiger partial charge in [0.25, 0.3) is 0 Å². The van der Waals surface area contributed by atoms with E-state index in [1.807, 2.05) is 7.05 Å². The Morgan fingerprint density at radius 2 is 2.06 bits per heavy atom. The first-order valence-corrected chi connectivity index (χ1v) is 6.96. The lowest BCUT2D eigenvalue weighted by atomic mass is 10.1. The minimum atomic E-state index is 0.807. The number of hydrogen-bond donors (Lipinski definition) is 1. The molecular weight excluding hydrogens is 242 g/mol. The van der Waals surface area contributed by atoms with Crippen molar-refractivity contribution in [3.63, 3.8) is 0 Å². The zero-order chi connectivity index (χ0) is 12.4. The molecule has 0 unspecified atom stereocenters. The maximum atomic E-state index is 4.47. The van der Waals surface area contributed by atoms with E-state index in [-0.39, 0.29) is 0 Å². The Labute approximate surface area is 111 Å². The molecular formula is C14H15N3S. The molecule has 0 radical (unpaired) electrons. The van der Waals surface area contributed by atoms with Crippen LogP contribution in [-0.4, -0.2) is 17.0 Å². The molecule has 1 aromatic carbocycles. The van der Waals surface area contributed by atoms with Gasteiger partial charge in [-0.15, -0.1) is 0 Å². The van der Waals surface area contributed by atoms with Crippen molar-refractivity contribution in [2.75, 3.05) is 12.4 Å². The minimum Gasteiger partial charge on any atom is -0.372 e. The largest absolute Gasteiger partial charge is 0.372 e. The normalized spacial score (nSPS) is 13.4. The molecule has 18 heavy (non-hydrogen) atoms. The Morgan fingerprint density at radius 3 is 2.94 bits per heavy atom. The summed E-state index contributed by atoms with van der Waals surface area (Å²) in [5.74, 6) is 0.807. The summed E-state index contributed by atoms with van der Waals surface area (Å²) in [5.41, 5.74) is 3.01. The molecule has 1 aromatic heterocycles. The summed E-state index contributed by atoms with van der Waals surface area (Å²) >= 11 is 1.67. The van der Waals surface area contributed by atoms with Gasteiger partial charge in [-0.1, -0.05) is 17.8 Å². The molecule has 0 aliphatic heterocycles. The van der Waals surface area contributed by atoms with Crippen LogP contribution in [0.4, 0.5) is 5.82 Å². The quantitative estimate of drug-likeness (QED) is 0.916. The van der Waals surface area contributed by atoms with Crippen molar-refractivity contribution in [3.05, 3.63) is 41.7 Å². The van der Waals surface area contributed by atoms with Crippen LogP contribution in [0.3, 0.4) is 0 Å². The van der Waals surface area contributed by atoms with Crippen LogP contribution in [0, 0.1) is 0 Å². The Kier molecular flexibility index (Phi) is 3.19. The number of hydrogen-bond acceptors (Lipinski definition) is 4. The fourth-order valence-corrected chi connectivity index (χ4v) is 3.09. The van der Waals surface area contributed by atoms with Gasteiger partial charge in [0.15, 0.2) is 0 Å². The van der Waals surface area contributed by atoms with Crippen molar-refractivity contribution in [2.45, 2.75) is 29.2 Å². The number of nitrogens with zero attached hydrogens (tertiary/aromatic N) is 2. The molecule has 0 fully saturated rings. The van der Waals surface area contributed by atoms with Gasteiger partial charge >= 0.3 is 0 Å². The minimum absolute atomic E-state index is 0.807. The van der Waals surface area contributed by atoms with Gasteiger partial charge in [0.05, 0.1) is 12.4 Å². The Balaban J connectivity index is 1.83. The molecule has 0 atom stereocenters. The average molecular weight is 257 g/mol. The lowest BCUT2D eigenvalue weighted by molar-refractivity contribution is 0.911. The predicted molar refractivity (Wildman–Crippen MR) is 74.2 cm³/mol. The third-order valence-corrected chi connectivity index (χ3v) is 4.06. The van der Waals surface area contributed by atoms with Gasteiger partial charge in [-0.3, -0.25) is 4.98 Å². The van der Waals surface area contributed by atoms with Gasteiger partial charge in [0.1, 0.15) is 10.8 Å². The zero-order valence-corrected chi connectivity index (χ0v) is 11.1. The van der Waals surface area contributed by atoms with E-state index in [9.17, 15) is 0 Å². The predicted octanol–water partition coefficient (Wildman–Crippen LogP) is 3.16. The second-order valence-electron chi connectivity index (χ2n) is 4.38. The molecule has 0 saturated carbocycles. The first-order chi connectivity index (χ1) is 8.85. The van der Waals surface area contributed by atoms with Crippen LogP contribution in [0.2, 0.25) is 0 Å². The molecule has 0 saturated heterocycles. The molecule has 1 aliphatic rings. The van der Waals surface area contributed by atoms with E-state index in [0.717, 1.165) is 10.8 Å². The summed E-state index contributed by atoms with van der Waals surface area (Å²) in [7, 11) is 1.86. The maximum Gasteiger partial charge on any atom is 0.145 e. The summed E-state index contributed by atoms with van der Waals surface area (Å²) in [6.45, 7) is 0. The molecule has 1 heterocycles. The van der Waals surface area contributed by atoms with Gasteiger partial charge in [-0.05, 0) is 42.5 Å². The van der Waals surface area contributed by atoms with E-state index >= 15 is 0 Å². The first-order valence-electron chi connectivity index (χ1n) is 6.14. The SMILES string of the molecule is CNc1cncc(Sc2ccc3c(c2)CCC3)n1. The molecule has 4 heteroatoms. The average Bonchev–Trinajstić information content (AvgIpc) is 2.86. The number of aromatic nitrogens is 2. The van der Waals surface area contributed by atoms with Crippen LogP contribution in [0.5, 0.6) is 0 Å². The maximum absolute atomic E-state index is 4.47. The molecule has 0 amide bonds. The van der Waals surface area contributed by atoms with E-state index < -0.39 is 0 Å². The number of nitrogens with one attached hydrogen (secondary N) is 1. The van der Waals surface area contributed by atoms with Gasteiger partial charge in [0.2, 0.25) is 0 Å². The lowest BCUT2D eigenvalue weighted by Crippen LogP contribution is -1.94. The van der Waals surface area contributed by atoms with Crippen molar-refractivity contribution in [1.29, 1.82) is 0 Å². The van der Waals surface area contributed by atoms with E-state index in [2.05, 4.69) is 33.5 Å². The summed E-state index contributed by atoms with van der Waals surface area (Å²) in [6.07, 6.45) is 7.27. The highest BCUT2D eigenvalue weighted by molar-refractivity contribution is 7.99. The molecule has 3 nitrogen and oxygen atoms in total. The van der Waals surface area contributed by atoms with Gasteiger partial charge in [0, 0.05) is 11.9 Å². The number of rotatable bonds is 3. The van der Waals surface area contributed by atoms with E-state index in [0.29, 0.717) is 0 Å². The molecule has 0 bridgehead atoms. The van der Waals surface area contributed by atoms with Crippen molar-refractivity contribution in [3.8, 4) is 0 Å². The third-order valence-electron chi connectivity index (χ3n) is 3.16. The van der Waals surface area contributed by atoms with Crippen LogP contribution < -0.4 is 5.32 Å². The number of anilines is 1. The highest BCUT2D eigenvalue weighted by atomic mass is 32.2. The second kappa shape index (κ2) is 4.98. The smallest absolute Gasteiger partial charge is 0.145 e. The van der Waals surface area contributed by atoms with Crippen LogP contribution >= 0.6 is 11.8 Å². The number of fused-ring (bicyclic) bond motifs is 1. The van der Waals surface area contributed by atoms with Gasteiger partial charge < -0.3 is 5.32 Å². The molecule has 1 aliphatic carbocycles. The van der Waals surface area contributed by atoms with Crippen molar-refractivity contribution in [2.24, 2.45) is 0 Å². The van der Waals surface area contributed by atoms with Crippen LogP contribution in [-0.2, 0) is 12.8 Å². The third kappa shape index (κ3) is 2.34. The van der Waals surface area contributed by atoms with Crippen LogP contribution in [0.25, 0.3) is 0 Å². The van der Waals surface area contributed by atoms with E-state index in [1.54, 1.807) is 24.2 Å². The summed E-state index contributed by atoms with van der Waals surface area (Å²) in [5, 5.41) is 3.94. The molecule has 2 aromatic rings. The highest BCUT2D eigenvalue weighted by Crippen LogP contribution is 2.31. The highest BCUT2D eigenvalue weighted by Gasteiger charge is 2.11. The fourth-order valence-electron chi connectivity index (χ4n) is 2.25. The van der Waals surface area contributed by atoms with Crippen LogP contribution in [0.1, 0.15) is 17.5 Å². The Morgan fingerprint density at radius 1 is 1.17 bits per heavy atom. The first kappa shape index (κ1) is 11.5. The molecule has 92 valence electrons. The van der Waals surface area contributed by atoms with Gasteiger partial charge in [-0.2, -0.15) is 0 Å². The summed E-state index contributed by atoms with van der Waals surface area (Å²) in [4.78, 5) is 9.90. The number of benzene rings is 1. The Bertz CT molecular complexity index is 569. The standard InChI is InChI=1S/C14H15N3S/c1-15-13-8-16-9-14(17-13)18-12-6-5-10-3-2-4-11(10)7-12/h5-9H,2-4H2,1H3,(H,15,17). The van der Waals surface area contributed by atoms with Crippen molar-refractivity contribution < 1.29 is 0 Å². The second-order valence-corrected chi connectivity index (χ2v) is 5.47. The fraction of sp³-hybridized carbons (Fsp3) is 0.286. The molecule has 0 spiro atoms. The van der Waals surface area contributed by atoms with Crippen LogP contribution in [0.15, 0.2) is 40.5 Å².